The highest BCUT2D eigenvalue weighted by Gasteiger charge is 2.35. The summed E-state index contributed by atoms with van der Waals surface area (Å²) in [6, 6.07) is 20.8. The molecule has 31 heavy (non-hydrogen) atoms. The van der Waals surface area contributed by atoms with E-state index in [2.05, 4.69) is 10.3 Å². The van der Waals surface area contributed by atoms with Gasteiger partial charge in [0.15, 0.2) is 0 Å². The van der Waals surface area contributed by atoms with Gasteiger partial charge in [-0.25, -0.2) is 0 Å². The van der Waals surface area contributed by atoms with Gasteiger partial charge in [0, 0.05) is 31.9 Å². The van der Waals surface area contributed by atoms with Crippen LogP contribution in [0.4, 0.5) is 0 Å². The van der Waals surface area contributed by atoms with E-state index in [4.69, 9.17) is 4.74 Å². The molecule has 4 rings (SSSR count). The van der Waals surface area contributed by atoms with E-state index in [9.17, 15) is 9.59 Å². The van der Waals surface area contributed by atoms with Crippen LogP contribution in [0.1, 0.15) is 29.5 Å². The molecule has 6 heteroatoms. The van der Waals surface area contributed by atoms with Gasteiger partial charge in [-0.3, -0.25) is 14.6 Å². The monoisotopic (exact) mass is 415 g/mol. The fourth-order valence-corrected chi connectivity index (χ4v) is 3.64. The number of carbonyl (C=O) groups excluding carboxylic acids is 2. The molecule has 6 nitrogen and oxygen atoms in total. The largest absolute Gasteiger partial charge is 0.489 e. The van der Waals surface area contributed by atoms with Crippen LogP contribution in [-0.4, -0.2) is 27.7 Å². The number of aromatic nitrogens is 1. The molecule has 1 aliphatic rings. The smallest absolute Gasteiger partial charge is 0.243 e. The topological polar surface area (TPSA) is 71.5 Å². The summed E-state index contributed by atoms with van der Waals surface area (Å²) in [6.07, 6.45) is 4.44. The van der Waals surface area contributed by atoms with E-state index in [0.717, 1.165) is 22.4 Å². The first-order valence-electron chi connectivity index (χ1n) is 10.4. The average molecular weight is 415 g/mol. The van der Waals surface area contributed by atoms with E-state index in [1.165, 1.54) is 0 Å². The second kappa shape index (κ2) is 9.89. The summed E-state index contributed by atoms with van der Waals surface area (Å²) < 4.78 is 5.78. The highest BCUT2D eigenvalue weighted by Crippen LogP contribution is 2.22. The second-order valence-corrected chi connectivity index (χ2v) is 7.57. The molecule has 1 aliphatic heterocycles. The molecular formula is C25H25N3O3. The molecule has 2 amide bonds. The van der Waals surface area contributed by atoms with Crippen LogP contribution in [0.2, 0.25) is 0 Å². The minimum atomic E-state index is -0.421. The molecule has 0 aliphatic carbocycles. The second-order valence-electron chi connectivity index (χ2n) is 7.57. The molecule has 2 heterocycles. The van der Waals surface area contributed by atoms with Gasteiger partial charge in [-0.1, -0.05) is 42.5 Å². The lowest BCUT2D eigenvalue weighted by Gasteiger charge is -2.24. The van der Waals surface area contributed by atoms with Gasteiger partial charge in [-0.15, -0.1) is 0 Å². The summed E-state index contributed by atoms with van der Waals surface area (Å²) >= 11 is 0. The van der Waals surface area contributed by atoms with Crippen molar-refractivity contribution >= 4 is 11.8 Å². The Hall–Kier alpha value is -3.67. The molecule has 0 radical (unpaired) electrons. The van der Waals surface area contributed by atoms with Crippen LogP contribution in [0.25, 0.3) is 0 Å². The molecule has 1 aromatic heterocycles. The van der Waals surface area contributed by atoms with E-state index in [1.54, 1.807) is 17.3 Å². The van der Waals surface area contributed by atoms with Crippen LogP contribution in [0.3, 0.4) is 0 Å². The number of ether oxygens (including phenoxy) is 1. The summed E-state index contributed by atoms with van der Waals surface area (Å²) in [5.74, 6) is 0.682. The number of hydrogen-bond donors (Lipinski definition) is 1. The lowest BCUT2D eigenvalue weighted by atomic mass is 10.1. The maximum atomic E-state index is 12.8. The van der Waals surface area contributed by atoms with Crippen molar-refractivity contribution in [3.8, 4) is 5.75 Å². The molecular weight excluding hydrogens is 390 g/mol. The van der Waals surface area contributed by atoms with Crippen molar-refractivity contribution in [3.05, 3.63) is 95.8 Å². The van der Waals surface area contributed by atoms with E-state index >= 15 is 0 Å². The van der Waals surface area contributed by atoms with Crippen LogP contribution >= 0.6 is 0 Å². The van der Waals surface area contributed by atoms with Gasteiger partial charge in [0.1, 0.15) is 18.4 Å². The van der Waals surface area contributed by atoms with Gasteiger partial charge in [0.05, 0.1) is 0 Å². The van der Waals surface area contributed by atoms with Gasteiger partial charge in [-0.05, 0) is 47.4 Å². The maximum Gasteiger partial charge on any atom is 0.243 e. The minimum Gasteiger partial charge on any atom is -0.489 e. The SMILES string of the molecule is O=C(NCc1ccc(OCc2ccncc2)cc1)[C@@H]1CCC(=O)N1Cc1ccccc1. The Balaban J connectivity index is 1.29. The van der Waals surface area contributed by atoms with E-state index < -0.39 is 6.04 Å². The summed E-state index contributed by atoms with van der Waals surface area (Å²) in [6.45, 7) is 1.35. The van der Waals surface area contributed by atoms with Gasteiger partial charge < -0.3 is 15.0 Å². The Morgan fingerprint density at radius 1 is 0.968 bits per heavy atom. The van der Waals surface area contributed by atoms with Crippen molar-refractivity contribution in [2.45, 2.75) is 38.6 Å². The lowest BCUT2D eigenvalue weighted by Crippen LogP contribution is -2.44. The molecule has 0 bridgehead atoms. The fraction of sp³-hybridized carbons (Fsp3) is 0.240. The first-order chi connectivity index (χ1) is 15.2. The van der Waals surface area contributed by atoms with Crippen LogP contribution in [0.5, 0.6) is 5.75 Å². The van der Waals surface area contributed by atoms with Crippen molar-refractivity contribution in [1.29, 1.82) is 0 Å². The predicted octanol–water partition coefficient (Wildman–Crippen LogP) is 3.47. The fourth-order valence-electron chi connectivity index (χ4n) is 3.64. The third-order valence-electron chi connectivity index (χ3n) is 5.37. The molecule has 1 saturated heterocycles. The number of nitrogens with zero attached hydrogens (tertiary/aromatic N) is 2. The van der Waals surface area contributed by atoms with Crippen LogP contribution in [0.15, 0.2) is 79.1 Å². The number of benzene rings is 2. The Morgan fingerprint density at radius 2 is 1.71 bits per heavy atom. The highest BCUT2D eigenvalue weighted by atomic mass is 16.5. The van der Waals surface area contributed by atoms with Gasteiger partial charge in [-0.2, -0.15) is 0 Å². The van der Waals surface area contributed by atoms with Crippen LogP contribution in [0, 0.1) is 0 Å². The molecule has 158 valence electrons. The van der Waals surface area contributed by atoms with E-state index in [-0.39, 0.29) is 11.8 Å². The third kappa shape index (κ3) is 5.48. The first-order valence-corrected chi connectivity index (χ1v) is 10.4. The molecule has 1 atom stereocenters. The zero-order valence-corrected chi connectivity index (χ0v) is 17.2. The predicted molar refractivity (Wildman–Crippen MR) is 117 cm³/mol. The summed E-state index contributed by atoms with van der Waals surface area (Å²) in [5.41, 5.74) is 3.05. The molecule has 2 aromatic carbocycles. The average Bonchev–Trinajstić information content (AvgIpc) is 3.18. The Bertz CT molecular complexity index is 1010. The normalized spacial score (nSPS) is 15.7. The van der Waals surface area contributed by atoms with Crippen LogP contribution < -0.4 is 10.1 Å². The molecule has 0 unspecified atom stereocenters. The Kier molecular flexibility index (Phi) is 6.57. The standard InChI is InChI=1S/C25H25N3O3/c29-24-11-10-23(28(24)17-20-4-2-1-3-5-20)25(30)27-16-19-6-8-22(9-7-19)31-18-21-12-14-26-15-13-21/h1-9,12-15,23H,10-11,16-18H2,(H,27,30)/t23-/m0/s1. The number of nitrogens with one attached hydrogen (secondary N) is 1. The zero-order valence-electron chi connectivity index (χ0n) is 17.2. The van der Waals surface area contributed by atoms with Gasteiger partial charge in [0.25, 0.3) is 0 Å². The number of hydrogen-bond acceptors (Lipinski definition) is 4. The van der Waals surface area contributed by atoms with E-state index in [0.29, 0.717) is 32.5 Å². The molecule has 3 aromatic rings. The number of pyridine rings is 1. The van der Waals surface area contributed by atoms with Crippen molar-refractivity contribution in [2.24, 2.45) is 0 Å². The lowest BCUT2D eigenvalue weighted by molar-refractivity contribution is -0.135. The van der Waals surface area contributed by atoms with E-state index in [1.807, 2.05) is 66.7 Å². The zero-order chi connectivity index (χ0) is 21.5. The summed E-state index contributed by atoms with van der Waals surface area (Å²) in [4.78, 5) is 30.7. The molecule has 0 spiro atoms. The number of carbonyl (C=O) groups is 2. The van der Waals surface area contributed by atoms with Gasteiger partial charge >= 0.3 is 0 Å². The highest BCUT2D eigenvalue weighted by molar-refractivity contribution is 5.90. The number of amides is 2. The van der Waals surface area contributed by atoms with Crippen LogP contribution in [-0.2, 0) is 29.3 Å². The molecule has 1 N–H and O–H groups in total. The Morgan fingerprint density at radius 3 is 2.45 bits per heavy atom. The van der Waals surface area contributed by atoms with Crippen molar-refractivity contribution in [3.63, 3.8) is 0 Å². The number of likely N-dealkylation sites (tertiary alicyclic amines) is 1. The maximum absolute atomic E-state index is 12.8. The third-order valence-corrected chi connectivity index (χ3v) is 5.37. The summed E-state index contributed by atoms with van der Waals surface area (Å²) in [5, 5.41) is 2.97. The summed E-state index contributed by atoms with van der Waals surface area (Å²) in [7, 11) is 0. The molecule has 0 saturated carbocycles. The molecule has 1 fully saturated rings. The Labute approximate surface area is 181 Å². The van der Waals surface area contributed by atoms with Crippen molar-refractivity contribution in [1.82, 2.24) is 15.2 Å². The minimum absolute atomic E-state index is 0.0275. The van der Waals surface area contributed by atoms with Gasteiger partial charge in [0.2, 0.25) is 11.8 Å². The van der Waals surface area contributed by atoms with Crippen molar-refractivity contribution in [2.75, 3.05) is 0 Å². The quantitative estimate of drug-likeness (QED) is 0.612. The van der Waals surface area contributed by atoms with Crippen molar-refractivity contribution < 1.29 is 14.3 Å². The number of rotatable bonds is 8. The first kappa shape index (κ1) is 20.6.